The molecule has 2 amide bonds. The lowest BCUT2D eigenvalue weighted by Gasteiger charge is -2.15. The lowest BCUT2D eigenvalue weighted by Crippen LogP contribution is -2.32. The number of primary amides is 1. The van der Waals surface area contributed by atoms with Crippen LogP contribution in [-0.4, -0.2) is 21.4 Å². The predicted octanol–water partition coefficient (Wildman–Crippen LogP) is 5.52. The van der Waals surface area contributed by atoms with Gasteiger partial charge in [0.1, 0.15) is 15.9 Å². The summed E-state index contributed by atoms with van der Waals surface area (Å²) in [6.07, 6.45) is 5.13. The van der Waals surface area contributed by atoms with Crippen LogP contribution in [0.5, 0.6) is 0 Å². The number of rotatable bonds is 5. The average Bonchev–Trinajstić information content (AvgIpc) is 3.50. The Bertz CT molecular complexity index is 1760. The van der Waals surface area contributed by atoms with E-state index < -0.39 is 17.9 Å². The molecule has 0 spiro atoms. The number of hydrogen-bond donors (Lipinski definition) is 2. The third-order valence-electron chi connectivity index (χ3n) is 7.03. The molecule has 37 heavy (non-hydrogen) atoms. The molecule has 1 unspecified atom stereocenters. The molecule has 6 rings (SSSR count). The van der Waals surface area contributed by atoms with E-state index >= 15 is 0 Å². The van der Waals surface area contributed by atoms with Crippen molar-refractivity contribution in [3.63, 3.8) is 0 Å². The number of nitrogens with one attached hydrogen (secondary N) is 1. The molecule has 7 nitrogen and oxygen atoms in total. The monoisotopic (exact) mass is 528 g/mol. The summed E-state index contributed by atoms with van der Waals surface area (Å²) in [5.41, 5.74) is 8.47. The molecule has 0 saturated carbocycles. The molecule has 1 aliphatic carbocycles. The van der Waals surface area contributed by atoms with Crippen molar-refractivity contribution in [1.29, 1.82) is 0 Å². The Balaban J connectivity index is 1.36. The van der Waals surface area contributed by atoms with Crippen LogP contribution in [0.1, 0.15) is 46.6 Å². The second-order valence-electron chi connectivity index (χ2n) is 9.29. The Morgan fingerprint density at radius 2 is 1.89 bits per heavy atom. The van der Waals surface area contributed by atoms with Crippen LogP contribution >= 0.6 is 22.7 Å². The average molecular weight is 529 g/mol. The summed E-state index contributed by atoms with van der Waals surface area (Å²) >= 11 is 2.81. The number of benzene rings is 2. The van der Waals surface area contributed by atoms with Gasteiger partial charge >= 0.3 is 0 Å². The van der Waals surface area contributed by atoms with Gasteiger partial charge in [0.05, 0.1) is 17.3 Å². The Labute approximate surface area is 220 Å². The normalized spacial score (nSPS) is 14.0. The number of carbonyl (C=O) groups excluding carboxylic acids is 2. The minimum atomic E-state index is -0.839. The van der Waals surface area contributed by atoms with Crippen LogP contribution in [0.4, 0.5) is 5.00 Å². The van der Waals surface area contributed by atoms with Gasteiger partial charge in [-0.2, -0.15) is 0 Å². The Hall–Kier alpha value is -3.82. The van der Waals surface area contributed by atoms with Crippen molar-refractivity contribution < 1.29 is 9.59 Å². The van der Waals surface area contributed by atoms with Crippen molar-refractivity contribution in [2.45, 2.75) is 38.6 Å². The van der Waals surface area contributed by atoms with E-state index in [1.54, 1.807) is 6.92 Å². The molecule has 1 atom stereocenters. The number of nitrogens with two attached hydrogens (primary N) is 1. The van der Waals surface area contributed by atoms with E-state index in [2.05, 4.69) is 16.4 Å². The largest absolute Gasteiger partial charge is 0.365 e. The fourth-order valence-corrected chi connectivity index (χ4v) is 7.25. The highest BCUT2D eigenvalue weighted by Gasteiger charge is 2.27. The van der Waals surface area contributed by atoms with Gasteiger partial charge in [-0.1, -0.05) is 36.4 Å². The van der Waals surface area contributed by atoms with Crippen molar-refractivity contribution in [2.24, 2.45) is 5.73 Å². The molecule has 0 bridgehead atoms. The third kappa shape index (κ3) is 4.04. The summed E-state index contributed by atoms with van der Waals surface area (Å²) in [5.74, 6) is -0.937. The van der Waals surface area contributed by atoms with Gasteiger partial charge in [-0.3, -0.25) is 19.0 Å². The minimum Gasteiger partial charge on any atom is -0.365 e. The highest BCUT2D eigenvalue weighted by molar-refractivity contribution is 7.17. The number of fused-ring (bicyclic) bond motifs is 3. The second-order valence-corrected chi connectivity index (χ2v) is 11.3. The summed E-state index contributed by atoms with van der Waals surface area (Å²) < 4.78 is 1.35. The molecule has 0 fully saturated rings. The van der Waals surface area contributed by atoms with Crippen molar-refractivity contribution >= 4 is 60.5 Å². The fraction of sp³-hybridized carbons (Fsp3) is 0.214. The van der Waals surface area contributed by atoms with E-state index in [1.807, 2.05) is 41.8 Å². The van der Waals surface area contributed by atoms with Gasteiger partial charge < -0.3 is 11.1 Å². The number of anilines is 1. The second kappa shape index (κ2) is 9.24. The predicted molar refractivity (Wildman–Crippen MR) is 150 cm³/mol. The fourth-order valence-electron chi connectivity index (χ4n) is 5.05. The lowest BCUT2D eigenvalue weighted by atomic mass is 9.95. The van der Waals surface area contributed by atoms with Crippen LogP contribution in [0.25, 0.3) is 32.1 Å². The smallest absolute Gasteiger partial charge is 0.263 e. The van der Waals surface area contributed by atoms with E-state index in [0.717, 1.165) is 58.0 Å². The van der Waals surface area contributed by atoms with Crippen molar-refractivity contribution in [1.82, 2.24) is 9.55 Å². The molecule has 9 heteroatoms. The maximum atomic E-state index is 13.7. The number of amides is 2. The number of aryl methyl sites for hydroxylation is 1. The number of carbonyl (C=O) groups is 2. The zero-order valence-corrected chi connectivity index (χ0v) is 21.7. The number of nitrogens with zero attached hydrogens (tertiary/aromatic N) is 2. The summed E-state index contributed by atoms with van der Waals surface area (Å²) in [6, 6.07) is 13.3. The maximum absolute atomic E-state index is 13.7. The number of hydrogen-bond acceptors (Lipinski definition) is 6. The number of thiophene rings is 2. The molecule has 3 heterocycles. The summed E-state index contributed by atoms with van der Waals surface area (Å²) in [5, 5.41) is 7.98. The first-order valence-electron chi connectivity index (χ1n) is 12.1. The van der Waals surface area contributed by atoms with E-state index in [0.29, 0.717) is 20.8 Å². The molecule has 1 aliphatic rings. The SMILES string of the molecule is CC(C(=O)Nc1sc2c(c1C(N)=O)CCCC2)n1cnc2scc(-c3ccc4ccccc4c3)c2c1=O. The van der Waals surface area contributed by atoms with E-state index in [1.165, 1.54) is 33.6 Å². The van der Waals surface area contributed by atoms with Gasteiger partial charge in [0.25, 0.3) is 11.5 Å². The molecule has 186 valence electrons. The quantitative estimate of drug-likeness (QED) is 0.313. The Morgan fingerprint density at radius 1 is 1.11 bits per heavy atom. The molecule has 0 radical (unpaired) electrons. The summed E-state index contributed by atoms with van der Waals surface area (Å²) in [4.78, 5) is 45.4. The molecular weight excluding hydrogens is 504 g/mol. The van der Waals surface area contributed by atoms with Crippen molar-refractivity contribution in [2.75, 3.05) is 5.32 Å². The maximum Gasteiger partial charge on any atom is 0.263 e. The van der Waals surface area contributed by atoms with Gasteiger partial charge in [0, 0.05) is 15.8 Å². The first-order chi connectivity index (χ1) is 17.9. The minimum absolute atomic E-state index is 0.280. The molecule has 5 aromatic rings. The van der Waals surface area contributed by atoms with Gasteiger partial charge in [-0.05, 0) is 60.6 Å². The van der Waals surface area contributed by atoms with Crippen LogP contribution in [0.15, 0.2) is 59.0 Å². The first kappa shape index (κ1) is 23.6. The molecule has 3 aromatic heterocycles. The van der Waals surface area contributed by atoms with E-state index in [9.17, 15) is 14.4 Å². The van der Waals surface area contributed by atoms with Gasteiger partial charge in [0.2, 0.25) is 5.91 Å². The lowest BCUT2D eigenvalue weighted by molar-refractivity contribution is -0.118. The molecule has 0 aliphatic heterocycles. The first-order valence-corrected chi connectivity index (χ1v) is 13.8. The topological polar surface area (TPSA) is 107 Å². The summed E-state index contributed by atoms with van der Waals surface area (Å²) in [7, 11) is 0. The highest BCUT2D eigenvalue weighted by atomic mass is 32.1. The molecule has 2 aromatic carbocycles. The molecule has 3 N–H and O–H groups in total. The summed E-state index contributed by atoms with van der Waals surface area (Å²) in [6.45, 7) is 1.66. The Kier molecular flexibility index (Phi) is 5.89. The van der Waals surface area contributed by atoms with E-state index in [4.69, 9.17) is 5.73 Å². The van der Waals surface area contributed by atoms with Crippen molar-refractivity contribution in [3.05, 3.63) is 80.5 Å². The van der Waals surface area contributed by atoms with Gasteiger partial charge in [-0.15, -0.1) is 22.7 Å². The number of aromatic nitrogens is 2. The molecule has 0 saturated heterocycles. The van der Waals surface area contributed by atoms with Crippen LogP contribution in [0, 0.1) is 0 Å². The van der Waals surface area contributed by atoms with Crippen LogP contribution in [-0.2, 0) is 17.6 Å². The van der Waals surface area contributed by atoms with E-state index in [-0.39, 0.29) is 5.56 Å². The highest BCUT2D eigenvalue weighted by Crippen LogP contribution is 2.38. The van der Waals surface area contributed by atoms with Crippen molar-refractivity contribution in [3.8, 4) is 11.1 Å². The van der Waals surface area contributed by atoms with Crippen LogP contribution < -0.4 is 16.6 Å². The zero-order valence-electron chi connectivity index (χ0n) is 20.1. The van der Waals surface area contributed by atoms with Gasteiger partial charge in [-0.25, -0.2) is 4.98 Å². The van der Waals surface area contributed by atoms with Crippen LogP contribution in [0.2, 0.25) is 0 Å². The van der Waals surface area contributed by atoms with Gasteiger partial charge in [0.15, 0.2) is 0 Å². The van der Waals surface area contributed by atoms with Crippen LogP contribution in [0.3, 0.4) is 0 Å². The third-order valence-corrected chi connectivity index (χ3v) is 9.12. The standard InChI is InChI=1S/C28H24N4O3S2/c1-15(25(34)31-27-22(24(29)33)19-8-4-5-9-21(19)37-27)32-14-30-26-23(28(32)35)20(13-36-26)18-11-10-16-6-2-3-7-17(16)12-18/h2-3,6-7,10-15H,4-5,8-9H2,1H3,(H2,29,33)(H,31,34). The zero-order chi connectivity index (χ0) is 25.7. The Morgan fingerprint density at radius 3 is 2.70 bits per heavy atom. The molecular formula is C28H24N4O3S2.